The van der Waals surface area contributed by atoms with Gasteiger partial charge >= 0.3 is 27.6 Å². The van der Waals surface area contributed by atoms with E-state index in [2.05, 4.69) is 60.1 Å². The first-order chi connectivity index (χ1) is 33.3. The lowest BCUT2D eigenvalue weighted by Crippen LogP contribution is -2.64. The highest BCUT2D eigenvalue weighted by atomic mass is 31.2. The smallest absolute Gasteiger partial charge is 0.462 e. The fourth-order valence-corrected chi connectivity index (χ4v) is 7.95. The van der Waals surface area contributed by atoms with Crippen molar-refractivity contribution in [3.63, 3.8) is 0 Å². The van der Waals surface area contributed by atoms with Gasteiger partial charge in [-0.05, 0) is 70.6 Å². The molecule has 1 fully saturated rings. The van der Waals surface area contributed by atoms with Crippen molar-refractivity contribution in [3.05, 3.63) is 109 Å². The van der Waals surface area contributed by atoms with Gasteiger partial charge in [-0.3, -0.25) is 23.2 Å². The number of rotatable bonds is 37. The number of phosphoric acid groups is 2. The molecule has 0 heterocycles. The molecule has 0 aromatic rings. The summed E-state index contributed by atoms with van der Waals surface area (Å²) in [6.45, 7) is 2.48. The predicted octanol–water partition coefficient (Wildman–Crippen LogP) is 5.86. The maximum atomic E-state index is 13.0. The predicted molar refractivity (Wildman–Crippen MR) is 263 cm³/mol. The van der Waals surface area contributed by atoms with Crippen molar-refractivity contribution < 1.29 is 92.2 Å². The molecule has 0 bridgehead atoms. The topological polar surface area (TPSA) is 317 Å². The Morgan fingerprint density at radius 3 is 1.71 bits per heavy atom. The van der Waals surface area contributed by atoms with Crippen LogP contribution in [0.25, 0.3) is 0 Å². The fourth-order valence-electron chi connectivity index (χ4n) is 6.42. The van der Waals surface area contributed by atoms with Crippen LogP contribution < -0.4 is 0 Å². The Morgan fingerprint density at radius 2 is 1.10 bits per heavy atom. The van der Waals surface area contributed by atoms with Crippen LogP contribution in [0.5, 0.6) is 0 Å². The first kappa shape index (κ1) is 64.6. The lowest BCUT2D eigenvalue weighted by molar-refractivity contribution is -0.216. The van der Waals surface area contributed by atoms with Gasteiger partial charge in [-0.1, -0.05) is 136 Å². The third kappa shape index (κ3) is 31.8. The zero-order chi connectivity index (χ0) is 52.2. The second-order valence-corrected chi connectivity index (χ2v) is 18.9. The van der Waals surface area contributed by atoms with Gasteiger partial charge in [0.25, 0.3) is 0 Å². The van der Waals surface area contributed by atoms with E-state index in [1.807, 2.05) is 19.1 Å². The minimum atomic E-state index is -5.42. The van der Waals surface area contributed by atoms with Crippen LogP contribution in [0.15, 0.2) is 109 Å². The lowest BCUT2D eigenvalue weighted by atomic mass is 9.85. The summed E-state index contributed by atoms with van der Waals surface area (Å²) in [5, 5.41) is 71.9. The number of unbranched alkanes of at least 4 members (excludes halogenated alkanes) is 4. The number of carbonyl (C=O) groups excluding carboxylic acids is 2. The number of esters is 2. The summed E-state index contributed by atoms with van der Waals surface area (Å²) >= 11 is 0. The monoisotopic (exact) mass is 1030 g/mol. The van der Waals surface area contributed by atoms with Crippen LogP contribution in [0.3, 0.4) is 0 Å². The number of allylic oxidation sites excluding steroid dienone is 15. The SMILES string of the molecule is CC/C=C\C/C=C\C/C=C\C/C=C\CCCCCCC(=O)OC[C@H](COP(=O)(O)O[C@H]1C(O)C(O)C(O)[C@@H](OP(=O)(O)O)C1O)OC(=O)CCC[C@@H](O)[C@H](O)\C=C/C=C\C=C\C=C\[C@@H](O)C/C=C\CC. The summed E-state index contributed by atoms with van der Waals surface area (Å²) in [5.41, 5.74) is 0. The molecule has 1 rings (SSSR count). The highest BCUT2D eigenvalue weighted by Gasteiger charge is 2.54. The highest BCUT2D eigenvalue weighted by Crippen LogP contribution is 2.49. The van der Waals surface area contributed by atoms with Gasteiger partial charge in [0.1, 0.15) is 43.2 Å². The Balaban J connectivity index is 2.76. The summed E-state index contributed by atoms with van der Waals surface area (Å²) in [5.74, 6) is -1.58. The minimum absolute atomic E-state index is 0.0105. The van der Waals surface area contributed by atoms with Gasteiger partial charge in [0.05, 0.1) is 24.9 Å². The fraction of sp³-hybridized carbons (Fsp3) is 0.592. The minimum Gasteiger partial charge on any atom is -0.462 e. The number of aliphatic hydroxyl groups is 7. The third-order valence-electron chi connectivity index (χ3n) is 10.2. The van der Waals surface area contributed by atoms with Crippen LogP contribution >= 0.6 is 15.6 Å². The van der Waals surface area contributed by atoms with Crippen LogP contribution in [-0.4, -0.2) is 137 Å². The largest absolute Gasteiger partial charge is 0.472 e. The van der Waals surface area contributed by atoms with Gasteiger partial charge in [-0.25, -0.2) is 9.13 Å². The van der Waals surface area contributed by atoms with Crippen molar-refractivity contribution in [2.45, 2.75) is 171 Å². The molecule has 0 saturated heterocycles. The molecule has 70 heavy (non-hydrogen) atoms. The van der Waals surface area contributed by atoms with E-state index in [0.717, 1.165) is 57.8 Å². The van der Waals surface area contributed by atoms with Gasteiger partial charge in [-0.15, -0.1) is 0 Å². The molecule has 0 amide bonds. The van der Waals surface area contributed by atoms with Gasteiger partial charge in [0.2, 0.25) is 0 Å². The van der Waals surface area contributed by atoms with E-state index in [1.165, 1.54) is 12.2 Å². The van der Waals surface area contributed by atoms with Gasteiger partial charge in [0, 0.05) is 12.8 Å². The molecule has 0 aliphatic heterocycles. The van der Waals surface area contributed by atoms with Crippen LogP contribution in [-0.2, 0) is 41.8 Å². The molecule has 0 radical (unpaired) electrons. The molecule has 398 valence electrons. The lowest BCUT2D eigenvalue weighted by Gasteiger charge is -2.43. The van der Waals surface area contributed by atoms with E-state index in [4.69, 9.17) is 18.5 Å². The Bertz CT molecular complexity index is 1820. The Kier molecular flexibility index (Phi) is 35.2. The number of phosphoric ester groups is 2. The number of hydrogen-bond acceptors (Lipinski definition) is 16. The molecular weight excluding hydrogens is 954 g/mol. The van der Waals surface area contributed by atoms with Crippen LogP contribution in [0.2, 0.25) is 0 Å². The molecule has 10 N–H and O–H groups in total. The van der Waals surface area contributed by atoms with Crippen molar-refractivity contribution in [3.8, 4) is 0 Å². The summed E-state index contributed by atoms with van der Waals surface area (Å²) in [4.78, 5) is 54.4. The normalized spacial score (nSPS) is 23.3. The standard InChI is InChI=1S/C49H78O19P2/c1-3-5-7-8-9-10-11-12-13-14-15-16-17-18-19-24-28-34-42(53)64-36-39(37-65-70(62,63)68-49-46(57)44(55)45(56)48(47(49)58)67-69(59,60)61)66-43(54)35-29-33-41(52)40(51)32-27-23-21-20-22-26-31-38(50)30-25-6-4-2/h5-7,9-10,12-13,15-16,20-23,25-27,31-32,38-41,44-52,55-58H,3-4,8,11,14,17-19,24,28-30,33-37H2,1-2H3,(H,62,63)(H2,59,60,61)/b7-5-,10-9-,13-12-,16-15-,22-20+,23-21-,25-6-,31-26+,32-27-/t38-,39+,40+,41+,44?,45?,46?,47?,48+,49-/m0/s1. The van der Waals surface area contributed by atoms with Crippen LogP contribution in [0, 0.1) is 0 Å². The van der Waals surface area contributed by atoms with Crippen molar-refractivity contribution in [1.29, 1.82) is 0 Å². The van der Waals surface area contributed by atoms with E-state index in [1.54, 1.807) is 36.5 Å². The molecule has 21 heteroatoms. The van der Waals surface area contributed by atoms with Crippen LogP contribution in [0.4, 0.5) is 0 Å². The average Bonchev–Trinajstić information content (AvgIpc) is 3.31. The molecule has 5 unspecified atom stereocenters. The van der Waals surface area contributed by atoms with Gasteiger partial charge in [-0.2, -0.15) is 0 Å². The quantitative estimate of drug-likeness (QED) is 0.0115. The number of ether oxygens (including phenoxy) is 2. The number of aliphatic hydroxyl groups excluding tert-OH is 7. The molecular formula is C49H78O19P2. The van der Waals surface area contributed by atoms with Gasteiger partial charge < -0.3 is 59.9 Å². The van der Waals surface area contributed by atoms with Crippen molar-refractivity contribution in [1.82, 2.24) is 0 Å². The van der Waals surface area contributed by atoms with E-state index in [-0.39, 0.29) is 25.7 Å². The Labute approximate surface area is 412 Å². The molecule has 0 aromatic heterocycles. The van der Waals surface area contributed by atoms with E-state index in [9.17, 15) is 69.1 Å². The zero-order valence-corrected chi connectivity index (χ0v) is 42.0. The van der Waals surface area contributed by atoms with E-state index in [0.29, 0.717) is 12.8 Å². The highest BCUT2D eigenvalue weighted by molar-refractivity contribution is 7.47. The molecule has 0 spiro atoms. The molecule has 1 aliphatic carbocycles. The van der Waals surface area contributed by atoms with Crippen molar-refractivity contribution in [2.24, 2.45) is 0 Å². The second kappa shape index (κ2) is 38.2. The molecule has 1 saturated carbocycles. The van der Waals surface area contributed by atoms with Crippen molar-refractivity contribution in [2.75, 3.05) is 13.2 Å². The summed E-state index contributed by atoms with van der Waals surface area (Å²) in [6.07, 6.45) is 23.9. The number of hydrogen-bond donors (Lipinski definition) is 10. The summed E-state index contributed by atoms with van der Waals surface area (Å²) < 4.78 is 49.1. The van der Waals surface area contributed by atoms with Gasteiger partial charge in [0.15, 0.2) is 6.10 Å². The van der Waals surface area contributed by atoms with Crippen LogP contribution in [0.1, 0.15) is 110 Å². The Morgan fingerprint density at radius 1 is 0.571 bits per heavy atom. The van der Waals surface area contributed by atoms with E-state index >= 15 is 0 Å². The molecule has 11 atom stereocenters. The zero-order valence-electron chi connectivity index (χ0n) is 40.2. The molecule has 1 aliphatic rings. The maximum absolute atomic E-state index is 13.0. The Hall–Kier alpha value is -3.46. The summed E-state index contributed by atoms with van der Waals surface area (Å²) in [6, 6.07) is 0. The first-order valence-corrected chi connectivity index (χ1v) is 26.8. The third-order valence-corrected chi connectivity index (χ3v) is 11.7. The summed E-state index contributed by atoms with van der Waals surface area (Å²) in [7, 11) is -10.8. The maximum Gasteiger partial charge on any atom is 0.472 e. The first-order valence-electron chi connectivity index (χ1n) is 23.8. The van der Waals surface area contributed by atoms with E-state index < -0.39 is 102 Å². The average molecular weight is 1030 g/mol. The van der Waals surface area contributed by atoms with Crippen molar-refractivity contribution >= 4 is 27.6 Å². The molecule has 19 nitrogen and oxygen atoms in total. The number of carbonyl (C=O) groups is 2. The molecule has 0 aromatic carbocycles. The second-order valence-electron chi connectivity index (χ2n) is 16.3.